The largest absolute Gasteiger partial charge is 0.0851 e. The topological polar surface area (TPSA) is 0 Å². The summed E-state index contributed by atoms with van der Waals surface area (Å²) < 4.78 is 0. The van der Waals surface area contributed by atoms with Gasteiger partial charge in [-0.2, -0.15) is 0 Å². The summed E-state index contributed by atoms with van der Waals surface area (Å²) in [6.07, 6.45) is 11.6. The van der Waals surface area contributed by atoms with Crippen molar-refractivity contribution in [3.8, 4) is 0 Å². The summed E-state index contributed by atoms with van der Waals surface area (Å²) in [5, 5.41) is 0.982. The molecule has 1 fully saturated rings. The predicted molar refractivity (Wildman–Crippen MR) is 71.3 cm³/mol. The second kappa shape index (κ2) is 3.38. The first-order chi connectivity index (χ1) is 8.27. The highest BCUT2D eigenvalue weighted by Gasteiger charge is 2.49. The minimum atomic E-state index is 0.580. The van der Waals surface area contributed by atoms with Crippen molar-refractivity contribution in [1.82, 2.24) is 0 Å². The summed E-state index contributed by atoms with van der Waals surface area (Å²) in [6.45, 7) is 0. The number of rotatable bonds is 0. The normalized spacial score (nSPS) is 37.7. The lowest BCUT2D eigenvalue weighted by Gasteiger charge is -2.40. The maximum atomic E-state index is 6.30. The van der Waals surface area contributed by atoms with E-state index in [4.69, 9.17) is 11.6 Å². The molecule has 17 heavy (non-hydrogen) atoms. The third-order valence-corrected chi connectivity index (χ3v) is 5.61. The molecule has 4 rings (SSSR count). The molecule has 1 spiro atoms. The molecule has 0 saturated heterocycles. The molecule has 3 aliphatic rings. The fourth-order valence-electron chi connectivity index (χ4n) is 4.43. The molecule has 1 saturated carbocycles. The number of hydrogen-bond acceptors (Lipinski definition) is 0. The van der Waals surface area contributed by atoms with Crippen LogP contribution >= 0.6 is 11.6 Å². The van der Waals surface area contributed by atoms with Crippen LogP contribution in [0.25, 0.3) is 0 Å². The first-order valence-electron chi connectivity index (χ1n) is 6.71. The average molecular weight is 245 g/mol. The maximum absolute atomic E-state index is 6.30. The van der Waals surface area contributed by atoms with Gasteiger partial charge in [0, 0.05) is 5.02 Å². The van der Waals surface area contributed by atoms with Crippen LogP contribution in [-0.4, -0.2) is 0 Å². The minimum Gasteiger partial charge on any atom is -0.0851 e. The highest BCUT2D eigenvalue weighted by Crippen LogP contribution is 2.58. The number of halogens is 1. The zero-order valence-electron chi connectivity index (χ0n) is 9.95. The molecule has 3 atom stereocenters. The lowest BCUT2D eigenvalue weighted by Crippen LogP contribution is -2.32. The van der Waals surface area contributed by atoms with E-state index in [1.54, 1.807) is 0 Å². The first kappa shape index (κ1) is 10.2. The van der Waals surface area contributed by atoms with Crippen molar-refractivity contribution in [2.24, 2.45) is 17.3 Å². The van der Waals surface area contributed by atoms with Crippen LogP contribution in [-0.2, 0) is 12.8 Å². The minimum absolute atomic E-state index is 0.580. The molecule has 0 aliphatic heterocycles. The van der Waals surface area contributed by atoms with Crippen LogP contribution in [0, 0.1) is 17.3 Å². The highest BCUT2D eigenvalue weighted by molar-refractivity contribution is 6.31. The Labute approximate surface area is 108 Å². The molecule has 0 radical (unpaired) electrons. The van der Waals surface area contributed by atoms with Crippen LogP contribution in [0.3, 0.4) is 0 Å². The molecule has 0 amide bonds. The Kier molecular flexibility index (Phi) is 2.03. The van der Waals surface area contributed by atoms with Crippen LogP contribution in [0.1, 0.15) is 30.4 Å². The molecule has 1 heteroatoms. The molecule has 88 valence electrons. The first-order valence-corrected chi connectivity index (χ1v) is 7.09. The zero-order valence-corrected chi connectivity index (χ0v) is 10.7. The van der Waals surface area contributed by atoms with Gasteiger partial charge in [-0.3, -0.25) is 0 Å². The van der Waals surface area contributed by atoms with E-state index in [0.717, 1.165) is 16.9 Å². The molecule has 3 unspecified atom stereocenters. The van der Waals surface area contributed by atoms with E-state index < -0.39 is 0 Å². The van der Waals surface area contributed by atoms with E-state index in [2.05, 4.69) is 24.3 Å². The Morgan fingerprint density at radius 1 is 1.24 bits per heavy atom. The summed E-state index contributed by atoms with van der Waals surface area (Å²) in [4.78, 5) is 0. The molecule has 2 bridgehead atoms. The van der Waals surface area contributed by atoms with Gasteiger partial charge in [-0.25, -0.2) is 0 Å². The lowest BCUT2D eigenvalue weighted by molar-refractivity contribution is 0.195. The SMILES string of the molecule is Clc1cccc2c1CCC1(C2)CC2C=CC1C2. The van der Waals surface area contributed by atoms with Crippen LogP contribution in [0.4, 0.5) is 0 Å². The van der Waals surface area contributed by atoms with Gasteiger partial charge in [0.1, 0.15) is 0 Å². The quantitative estimate of drug-likeness (QED) is 0.593. The molecule has 0 aromatic heterocycles. The molecule has 0 nitrogen and oxygen atoms in total. The van der Waals surface area contributed by atoms with Gasteiger partial charge in [0.15, 0.2) is 0 Å². The van der Waals surface area contributed by atoms with Crippen molar-refractivity contribution in [1.29, 1.82) is 0 Å². The van der Waals surface area contributed by atoms with Crippen molar-refractivity contribution in [3.05, 3.63) is 46.5 Å². The van der Waals surface area contributed by atoms with E-state index in [1.165, 1.54) is 43.2 Å². The molecule has 1 aromatic carbocycles. The van der Waals surface area contributed by atoms with Crippen LogP contribution in [0.5, 0.6) is 0 Å². The number of fused-ring (bicyclic) bond motifs is 4. The molecular weight excluding hydrogens is 228 g/mol. The number of hydrogen-bond donors (Lipinski definition) is 0. The van der Waals surface area contributed by atoms with Crippen molar-refractivity contribution >= 4 is 11.6 Å². The van der Waals surface area contributed by atoms with E-state index in [0.29, 0.717) is 5.41 Å². The zero-order chi connectivity index (χ0) is 11.5. The van der Waals surface area contributed by atoms with Crippen molar-refractivity contribution in [3.63, 3.8) is 0 Å². The van der Waals surface area contributed by atoms with E-state index in [9.17, 15) is 0 Å². The second-order valence-corrected chi connectivity index (χ2v) is 6.52. The van der Waals surface area contributed by atoms with Crippen molar-refractivity contribution < 1.29 is 0 Å². The van der Waals surface area contributed by atoms with Crippen molar-refractivity contribution in [2.45, 2.75) is 32.1 Å². The summed E-state index contributed by atoms with van der Waals surface area (Å²) in [5.74, 6) is 1.72. The monoisotopic (exact) mass is 244 g/mol. The Morgan fingerprint density at radius 2 is 2.18 bits per heavy atom. The Balaban J connectivity index is 1.74. The molecule has 3 aliphatic carbocycles. The van der Waals surface area contributed by atoms with Crippen LogP contribution < -0.4 is 0 Å². The highest BCUT2D eigenvalue weighted by atomic mass is 35.5. The van der Waals surface area contributed by atoms with Gasteiger partial charge in [-0.05, 0) is 66.5 Å². The van der Waals surface area contributed by atoms with Gasteiger partial charge in [0.2, 0.25) is 0 Å². The van der Waals surface area contributed by atoms with E-state index in [1.807, 2.05) is 6.07 Å². The smallest absolute Gasteiger partial charge is 0.0440 e. The van der Waals surface area contributed by atoms with E-state index in [-0.39, 0.29) is 0 Å². The molecular formula is C16H17Cl. The second-order valence-electron chi connectivity index (χ2n) is 6.11. The van der Waals surface area contributed by atoms with Gasteiger partial charge in [0.05, 0.1) is 0 Å². The van der Waals surface area contributed by atoms with Crippen LogP contribution in [0.15, 0.2) is 30.4 Å². The maximum Gasteiger partial charge on any atom is 0.0440 e. The molecule has 0 N–H and O–H groups in total. The van der Waals surface area contributed by atoms with Gasteiger partial charge in [0.25, 0.3) is 0 Å². The van der Waals surface area contributed by atoms with Gasteiger partial charge >= 0.3 is 0 Å². The van der Waals surface area contributed by atoms with Crippen LogP contribution in [0.2, 0.25) is 5.02 Å². The Hall–Kier alpha value is -0.750. The number of benzene rings is 1. The van der Waals surface area contributed by atoms with Gasteiger partial charge < -0.3 is 0 Å². The van der Waals surface area contributed by atoms with E-state index >= 15 is 0 Å². The fourth-order valence-corrected chi connectivity index (χ4v) is 4.72. The standard InChI is InChI=1S/C16H17Cl/c17-15-3-1-2-12-10-16(7-6-14(12)15)9-11-4-5-13(16)8-11/h1-5,11,13H,6-10H2. The van der Waals surface area contributed by atoms with Gasteiger partial charge in [-0.15, -0.1) is 0 Å². The summed E-state index contributed by atoms with van der Waals surface area (Å²) in [7, 11) is 0. The van der Waals surface area contributed by atoms with Gasteiger partial charge in [-0.1, -0.05) is 35.9 Å². The Morgan fingerprint density at radius 3 is 2.94 bits per heavy atom. The Bertz CT molecular complexity index is 502. The summed E-state index contributed by atoms with van der Waals surface area (Å²) in [5.41, 5.74) is 3.52. The molecule has 1 aromatic rings. The fraction of sp³-hybridized carbons (Fsp3) is 0.500. The summed E-state index contributed by atoms with van der Waals surface area (Å²) in [6, 6.07) is 6.44. The third-order valence-electron chi connectivity index (χ3n) is 5.26. The lowest BCUT2D eigenvalue weighted by atomic mass is 9.64. The third kappa shape index (κ3) is 1.37. The average Bonchev–Trinajstić information content (AvgIpc) is 2.89. The number of allylic oxidation sites excluding steroid dienone is 2. The molecule has 0 heterocycles. The van der Waals surface area contributed by atoms with Crippen molar-refractivity contribution in [2.75, 3.05) is 0 Å². The summed E-state index contributed by atoms with van der Waals surface area (Å²) >= 11 is 6.30. The predicted octanol–water partition coefficient (Wildman–Crippen LogP) is 4.41.